The van der Waals surface area contributed by atoms with E-state index in [9.17, 15) is 0 Å². The van der Waals surface area contributed by atoms with Crippen LogP contribution in [-0.2, 0) is 9.47 Å². The van der Waals surface area contributed by atoms with E-state index in [4.69, 9.17) is 20.4 Å². The van der Waals surface area contributed by atoms with Crippen molar-refractivity contribution in [2.75, 3.05) is 47.1 Å². The Morgan fingerprint density at radius 1 is 1.10 bits per heavy atom. The maximum Gasteiger partial charge on any atom is 0.144 e. The first-order valence-electron chi connectivity index (χ1n) is 7.16. The van der Waals surface area contributed by atoms with E-state index in [0.29, 0.717) is 5.84 Å². The quantitative estimate of drug-likeness (QED) is 0.187. The summed E-state index contributed by atoms with van der Waals surface area (Å²) in [6.07, 6.45) is 3.03. The van der Waals surface area contributed by atoms with E-state index in [1.165, 1.54) is 0 Å². The SMILES string of the molecule is COCCN(CCCCC(C)(C)C(N)=NO)CCOC. The lowest BCUT2D eigenvalue weighted by Gasteiger charge is -2.24. The zero-order chi connectivity index (χ0) is 15.4. The third kappa shape index (κ3) is 8.35. The number of amidine groups is 1. The topological polar surface area (TPSA) is 80.3 Å². The molecule has 0 saturated heterocycles. The molecular formula is C14H31N3O3. The molecule has 0 aliphatic carbocycles. The van der Waals surface area contributed by atoms with Gasteiger partial charge in [0, 0.05) is 32.7 Å². The summed E-state index contributed by atoms with van der Waals surface area (Å²) in [6.45, 7) is 8.32. The molecule has 0 aromatic heterocycles. The molecule has 0 heterocycles. The van der Waals surface area contributed by atoms with E-state index in [-0.39, 0.29) is 5.41 Å². The van der Waals surface area contributed by atoms with Crippen molar-refractivity contribution in [3.63, 3.8) is 0 Å². The van der Waals surface area contributed by atoms with E-state index in [1.807, 2.05) is 13.8 Å². The largest absolute Gasteiger partial charge is 0.409 e. The summed E-state index contributed by atoms with van der Waals surface area (Å²) in [5.41, 5.74) is 5.43. The number of hydrogen-bond donors (Lipinski definition) is 2. The molecule has 0 fully saturated rings. The van der Waals surface area contributed by atoms with Crippen LogP contribution in [0.2, 0.25) is 0 Å². The van der Waals surface area contributed by atoms with Gasteiger partial charge in [0.1, 0.15) is 5.84 Å². The van der Waals surface area contributed by atoms with E-state index < -0.39 is 0 Å². The molecule has 0 aliphatic rings. The van der Waals surface area contributed by atoms with Crippen LogP contribution in [0.4, 0.5) is 0 Å². The Bertz CT molecular complexity index is 262. The minimum Gasteiger partial charge on any atom is -0.409 e. The van der Waals surface area contributed by atoms with Gasteiger partial charge in [0.05, 0.1) is 13.2 Å². The lowest BCUT2D eigenvalue weighted by Crippen LogP contribution is -2.33. The predicted molar refractivity (Wildman–Crippen MR) is 81.2 cm³/mol. The molecule has 120 valence electrons. The molecule has 0 amide bonds. The molecule has 0 unspecified atom stereocenters. The standard InChI is InChI=1S/C14H31N3O3/c1-14(2,13(15)16-18)7-5-6-8-17(9-11-19-3)10-12-20-4/h18H,5-12H2,1-4H3,(H2,15,16). The highest BCUT2D eigenvalue weighted by atomic mass is 16.5. The lowest BCUT2D eigenvalue weighted by atomic mass is 9.86. The number of unbranched alkanes of at least 4 members (excludes halogenated alkanes) is 1. The van der Waals surface area contributed by atoms with Crippen molar-refractivity contribution in [2.24, 2.45) is 16.3 Å². The van der Waals surface area contributed by atoms with Crippen molar-refractivity contribution in [2.45, 2.75) is 33.1 Å². The third-order valence-corrected chi connectivity index (χ3v) is 3.55. The van der Waals surface area contributed by atoms with Gasteiger partial charge >= 0.3 is 0 Å². The Labute approximate surface area is 122 Å². The maximum absolute atomic E-state index is 8.74. The summed E-state index contributed by atoms with van der Waals surface area (Å²) in [4.78, 5) is 2.34. The van der Waals surface area contributed by atoms with Crippen LogP contribution in [0.5, 0.6) is 0 Å². The van der Waals surface area contributed by atoms with Gasteiger partial charge in [-0.1, -0.05) is 25.4 Å². The molecule has 0 atom stereocenters. The number of rotatable bonds is 12. The molecule has 20 heavy (non-hydrogen) atoms. The van der Waals surface area contributed by atoms with Gasteiger partial charge in [-0.2, -0.15) is 0 Å². The Kier molecular flexibility index (Phi) is 10.4. The van der Waals surface area contributed by atoms with Crippen molar-refractivity contribution in [1.29, 1.82) is 0 Å². The predicted octanol–water partition coefficient (Wildman–Crippen LogP) is 1.52. The maximum atomic E-state index is 8.74. The van der Waals surface area contributed by atoms with Gasteiger partial charge in [0.15, 0.2) is 0 Å². The van der Waals surface area contributed by atoms with Crippen LogP contribution in [0.3, 0.4) is 0 Å². The Morgan fingerprint density at radius 2 is 1.65 bits per heavy atom. The highest BCUT2D eigenvalue weighted by molar-refractivity contribution is 5.85. The van der Waals surface area contributed by atoms with Crippen molar-refractivity contribution in [1.82, 2.24) is 4.90 Å². The molecule has 0 rings (SSSR count). The molecule has 0 aromatic rings. The van der Waals surface area contributed by atoms with Crippen molar-refractivity contribution in [3.05, 3.63) is 0 Å². The Hall–Kier alpha value is -0.850. The van der Waals surface area contributed by atoms with Crippen LogP contribution in [0, 0.1) is 5.41 Å². The summed E-state index contributed by atoms with van der Waals surface area (Å²) in [6, 6.07) is 0. The smallest absolute Gasteiger partial charge is 0.144 e. The van der Waals surface area contributed by atoms with Gasteiger partial charge < -0.3 is 20.4 Å². The van der Waals surface area contributed by atoms with Crippen LogP contribution < -0.4 is 5.73 Å². The highest BCUT2D eigenvalue weighted by Gasteiger charge is 2.22. The first-order chi connectivity index (χ1) is 9.47. The van der Waals surface area contributed by atoms with Gasteiger partial charge in [-0.3, -0.25) is 4.90 Å². The molecule has 3 N–H and O–H groups in total. The number of methoxy groups -OCH3 is 2. The van der Waals surface area contributed by atoms with Crippen LogP contribution in [0.15, 0.2) is 5.16 Å². The van der Waals surface area contributed by atoms with E-state index in [1.54, 1.807) is 14.2 Å². The van der Waals surface area contributed by atoms with Crippen LogP contribution >= 0.6 is 0 Å². The second-order valence-electron chi connectivity index (χ2n) is 5.65. The normalized spacial score (nSPS) is 13.2. The number of hydrogen-bond acceptors (Lipinski definition) is 5. The van der Waals surface area contributed by atoms with Gasteiger partial charge in [-0.15, -0.1) is 0 Å². The minimum atomic E-state index is -0.251. The zero-order valence-electron chi connectivity index (χ0n) is 13.4. The average Bonchev–Trinajstić information content (AvgIpc) is 2.44. The lowest BCUT2D eigenvalue weighted by molar-refractivity contribution is 0.112. The van der Waals surface area contributed by atoms with Crippen molar-refractivity contribution < 1.29 is 14.7 Å². The van der Waals surface area contributed by atoms with Crippen LogP contribution in [0.25, 0.3) is 0 Å². The first kappa shape index (κ1) is 19.1. The Balaban J connectivity index is 3.98. The summed E-state index contributed by atoms with van der Waals surface area (Å²) in [5, 5.41) is 11.8. The number of nitrogens with zero attached hydrogens (tertiary/aromatic N) is 2. The van der Waals surface area contributed by atoms with Crippen LogP contribution in [-0.4, -0.2) is 63.0 Å². The summed E-state index contributed by atoms with van der Waals surface area (Å²) >= 11 is 0. The summed E-state index contributed by atoms with van der Waals surface area (Å²) in [7, 11) is 3.43. The molecule has 0 bridgehead atoms. The highest BCUT2D eigenvalue weighted by Crippen LogP contribution is 2.23. The number of ether oxygens (including phenoxy) is 2. The van der Waals surface area contributed by atoms with Gasteiger partial charge in [-0.25, -0.2) is 0 Å². The van der Waals surface area contributed by atoms with Gasteiger partial charge in [0.25, 0.3) is 0 Å². The zero-order valence-corrected chi connectivity index (χ0v) is 13.4. The fourth-order valence-electron chi connectivity index (χ4n) is 1.94. The van der Waals surface area contributed by atoms with E-state index in [2.05, 4.69) is 10.1 Å². The second-order valence-corrected chi connectivity index (χ2v) is 5.65. The van der Waals surface area contributed by atoms with Crippen LogP contribution in [0.1, 0.15) is 33.1 Å². The molecule has 6 heteroatoms. The minimum absolute atomic E-state index is 0.251. The van der Waals surface area contributed by atoms with Crippen molar-refractivity contribution >= 4 is 5.84 Å². The van der Waals surface area contributed by atoms with Gasteiger partial charge in [0.2, 0.25) is 0 Å². The molecule has 0 aliphatic heterocycles. The average molecular weight is 289 g/mol. The van der Waals surface area contributed by atoms with Crippen molar-refractivity contribution in [3.8, 4) is 0 Å². The molecule has 0 aromatic carbocycles. The molecule has 0 radical (unpaired) electrons. The summed E-state index contributed by atoms with van der Waals surface area (Å²) < 4.78 is 10.2. The second kappa shape index (κ2) is 10.9. The van der Waals surface area contributed by atoms with Gasteiger partial charge in [-0.05, 0) is 19.4 Å². The molecular weight excluding hydrogens is 258 g/mol. The monoisotopic (exact) mass is 289 g/mol. The fourth-order valence-corrected chi connectivity index (χ4v) is 1.94. The molecule has 0 saturated carbocycles. The Morgan fingerprint density at radius 3 is 2.10 bits per heavy atom. The first-order valence-corrected chi connectivity index (χ1v) is 7.16. The third-order valence-electron chi connectivity index (χ3n) is 3.55. The van der Waals surface area contributed by atoms with E-state index >= 15 is 0 Å². The van der Waals surface area contributed by atoms with E-state index in [0.717, 1.165) is 52.1 Å². The molecule has 0 spiro atoms. The number of nitrogens with two attached hydrogens (primary N) is 1. The summed E-state index contributed by atoms with van der Waals surface area (Å²) in [5.74, 6) is 0.299. The molecule has 6 nitrogen and oxygen atoms in total. The fraction of sp³-hybridized carbons (Fsp3) is 0.929. The number of oxime groups is 1.